The van der Waals surface area contributed by atoms with Crippen molar-refractivity contribution in [2.45, 2.75) is 6.61 Å². The zero-order valence-electron chi connectivity index (χ0n) is 13.2. The van der Waals surface area contributed by atoms with Gasteiger partial charge in [-0.2, -0.15) is 0 Å². The lowest BCUT2D eigenvalue weighted by Gasteiger charge is -2.06. The van der Waals surface area contributed by atoms with Gasteiger partial charge in [0.05, 0.1) is 0 Å². The van der Waals surface area contributed by atoms with Crippen molar-refractivity contribution in [1.82, 2.24) is 10.3 Å². The van der Waals surface area contributed by atoms with E-state index in [4.69, 9.17) is 10.5 Å². The minimum absolute atomic E-state index is 0.0746. The summed E-state index contributed by atoms with van der Waals surface area (Å²) < 4.78 is 5.79. The van der Waals surface area contributed by atoms with Gasteiger partial charge in [-0.05, 0) is 23.8 Å². The van der Waals surface area contributed by atoms with E-state index in [1.165, 1.54) is 7.05 Å². The molecule has 0 saturated carbocycles. The quantitative estimate of drug-likeness (QED) is 0.509. The number of carbonyl (C=O) groups is 1. The van der Waals surface area contributed by atoms with Gasteiger partial charge in [0.15, 0.2) is 5.96 Å². The van der Waals surface area contributed by atoms with Crippen LogP contribution in [0.5, 0.6) is 5.75 Å². The number of nitrogens with zero attached hydrogens (tertiary/aromatic N) is 1. The summed E-state index contributed by atoms with van der Waals surface area (Å²) in [5.74, 6) is 0.474. The summed E-state index contributed by atoms with van der Waals surface area (Å²) in [4.78, 5) is 18.8. The van der Waals surface area contributed by atoms with Gasteiger partial charge in [0.1, 0.15) is 18.1 Å². The molecular weight excluding hydrogens is 304 g/mol. The third-order valence-electron chi connectivity index (χ3n) is 3.57. The van der Waals surface area contributed by atoms with Crippen LogP contribution in [0.25, 0.3) is 10.9 Å². The summed E-state index contributed by atoms with van der Waals surface area (Å²) >= 11 is 0. The Morgan fingerprint density at radius 1 is 1.21 bits per heavy atom. The monoisotopic (exact) mass is 322 g/mol. The van der Waals surface area contributed by atoms with Gasteiger partial charge < -0.3 is 15.5 Å². The van der Waals surface area contributed by atoms with Gasteiger partial charge in [0.25, 0.3) is 5.91 Å². The summed E-state index contributed by atoms with van der Waals surface area (Å²) in [6.45, 7) is 0.490. The minimum Gasteiger partial charge on any atom is -0.489 e. The largest absolute Gasteiger partial charge is 0.489 e. The normalized spacial score (nSPS) is 11.5. The first-order valence-corrected chi connectivity index (χ1v) is 7.49. The van der Waals surface area contributed by atoms with Crippen LogP contribution in [-0.4, -0.2) is 23.9 Å². The predicted octanol–water partition coefficient (Wildman–Crippen LogP) is 2.42. The van der Waals surface area contributed by atoms with Crippen molar-refractivity contribution in [3.8, 4) is 5.75 Å². The minimum atomic E-state index is -0.332. The highest BCUT2D eigenvalue weighted by atomic mass is 16.5. The molecule has 0 atom stereocenters. The van der Waals surface area contributed by atoms with Gasteiger partial charge in [0.2, 0.25) is 0 Å². The molecule has 6 heteroatoms. The van der Waals surface area contributed by atoms with Crippen LogP contribution in [0.15, 0.2) is 59.6 Å². The van der Waals surface area contributed by atoms with Crippen LogP contribution in [0.2, 0.25) is 0 Å². The van der Waals surface area contributed by atoms with Crippen molar-refractivity contribution in [3.63, 3.8) is 0 Å². The highest BCUT2D eigenvalue weighted by molar-refractivity contribution is 6.06. The maximum Gasteiger partial charge on any atom is 0.274 e. The molecule has 2 aromatic carbocycles. The Kier molecular flexibility index (Phi) is 4.47. The number of carbonyl (C=O) groups excluding carboxylic acids is 1. The Balaban J connectivity index is 1.75. The number of hydrogen-bond donors (Lipinski definition) is 3. The van der Waals surface area contributed by atoms with E-state index in [2.05, 4.69) is 15.3 Å². The maximum atomic E-state index is 12.0. The number of aliphatic imine (C=N–C) groups is 1. The molecule has 6 nitrogen and oxygen atoms in total. The van der Waals surface area contributed by atoms with E-state index in [-0.39, 0.29) is 11.9 Å². The first-order valence-electron chi connectivity index (χ1n) is 7.49. The number of ether oxygens (including phenoxy) is 1. The number of hydrogen-bond acceptors (Lipinski definition) is 3. The van der Waals surface area contributed by atoms with E-state index < -0.39 is 0 Å². The average Bonchev–Trinajstić information content (AvgIpc) is 3.04. The number of aromatic nitrogens is 1. The molecule has 24 heavy (non-hydrogen) atoms. The van der Waals surface area contributed by atoms with Crippen molar-refractivity contribution in [1.29, 1.82) is 0 Å². The second kappa shape index (κ2) is 6.87. The Morgan fingerprint density at radius 2 is 2.00 bits per heavy atom. The van der Waals surface area contributed by atoms with Crippen LogP contribution in [0.1, 0.15) is 16.1 Å². The number of aromatic amines is 1. The summed E-state index contributed by atoms with van der Waals surface area (Å²) in [7, 11) is 1.51. The van der Waals surface area contributed by atoms with Crippen molar-refractivity contribution in [3.05, 3.63) is 65.9 Å². The fourth-order valence-electron chi connectivity index (χ4n) is 2.30. The molecule has 0 saturated heterocycles. The van der Waals surface area contributed by atoms with Crippen LogP contribution in [0.4, 0.5) is 0 Å². The molecule has 1 heterocycles. The molecule has 0 radical (unpaired) electrons. The highest BCUT2D eigenvalue weighted by Crippen LogP contribution is 2.22. The molecule has 1 amide bonds. The van der Waals surface area contributed by atoms with Crippen LogP contribution < -0.4 is 15.8 Å². The number of amides is 1. The van der Waals surface area contributed by atoms with Gasteiger partial charge in [-0.25, -0.2) is 0 Å². The number of nitrogens with one attached hydrogen (secondary N) is 2. The fourth-order valence-corrected chi connectivity index (χ4v) is 2.30. The lowest BCUT2D eigenvalue weighted by molar-refractivity contribution is 0.0972. The number of rotatable bonds is 4. The predicted molar refractivity (Wildman–Crippen MR) is 94.1 cm³/mol. The molecule has 0 aliphatic rings. The zero-order valence-corrected chi connectivity index (χ0v) is 13.2. The third kappa shape index (κ3) is 3.55. The van der Waals surface area contributed by atoms with Gasteiger partial charge in [-0.15, -0.1) is 0 Å². The third-order valence-corrected chi connectivity index (χ3v) is 3.57. The van der Waals surface area contributed by atoms with Gasteiger partial charge in [-0.3, -0.25) is 15.1 Å². The molecule has 0 spiro atoms. The number of nitrogens with two attached hydrogens (primary N) is 1. The summed E-state index contributed by atoms with van der Waals surface area (Å²) in [6, 6.07) is 17.3. The zero-order chi connectivity index (χ0) is 16.9. The molecule has 0 fully saturated rings. The summed E-state index contributed by atoms with van der Waals surface area (Å²) in [5.41, 5.74) is 7.84. The SMILES string of the molecule is CN=C(N)NC(=O)c1cc2ccc(OCc3ccccc3)cc2[nH]1. The number of guanidine groups is 1. The second-order valence-electron chi connectivity index (χ2n) is 5.27. The van der Waals surface area contributed by atoms with Crippen LogP contribution in [0.3, 0.4) is 0 Å². The number of fused-ring (bicyclic) bond motifs is 1. The average molecular weight is 322 g/mol. The van der Waals surface area contributed by atoms with Gasteiger partial charge in [-0.1, -0.05) is 30.3 Å². The van der Waals surface area contributed by atoms with Crippen molar-refractivity contribution >= 4 is 22.8 Å². The standard InChI is InChI=1S/C18H18N4O2/c1-20-18(19)22-17(23)16-9-13-7-8-14(10-15(13)21-16)24-11-12-5-3-2-4-6-12/h2-10,21H,11H2,1H3,(H3,19,20,22,23). The second-order valence-corrected chi connectivity index (χ2v) is 5.27. The molecule has 1 aromatic heterocycles. The first-order chi connectivity index (χ1) is 11.7. The molecule has 4 N–H and O–H groups in total. The molecule has 3 rings (SSSR count). The molecule has 3 aromatic rings. The number of benzene rings is 2. The van der Waals surface area contributed by atoms with E-state index in [0.29, 0.717) is 12.3 Å². The van der Waals surface area contributed by atoms with Crippen molar-refractivity contribution in [2.75, 3.05) is 7.05 Å². The first kappa shape index (κ1) is 15.6. The van der Waals surface area contributed by atoms with Crippen molar-refractivity contribution in [2.24, 2.45) is 10.7 Å². The van der Waals surface area contributed by atoms with E-state index in [1.54, 1.807) is 6.07 Å². The summed E-state index contributed by atoms with van der Waals surface area (Å²) in [5, 5.41) is 3.41. The highest BCUT2D eigenvalue weighted by Gasteiger charge is 2.11. The van der Waals surface area contributed by atoms with E-state index in [0.717, 1.165) is 22.2 Å². The van der Waals surface area contributed by atoms with E-state index in [1.807, 2.05) is 48.5 Å². The fraction of sp³-hybridized carbons (Fsp3) is 0.111. The Labute approximate surface area is 139 Å². The molecular formula is C18H18N4O2. The van der Waals surface area contributed by atoms with Crippen LogP contribution >= 0.6 is 0 Å². The summed E-state index contributed by atoms with van der Waals surface area (Å²) in [6.07, 6.45) is 0. The molecule has 122 valence electrons. The number of H-pyrrole nitrogens is 1. The molecule has 0 aliphatic heterocycles. The smallest absolute Gasteiger partial charge is 0.274 e. The van der Waals surface area contributed by atoms with E-state index >= 15 is 0 Å². The molecule has 0 aliphatic carbocycles. The lowest BCUT2D eigenvalue weighted by atomic mass is 10.2. The van der Waals surface area contributed by atoms with E-state index in [9.17, 15) is 4.79 Å². The van der Waals surface area contributed by atoms with Gasteiger partial charge >= 0.3 is 0 Å². The maximum absolute atomic E-state index is 12.0. The van der Waals surface area contributed by atoms with Crippen LogP contribution in [0, 0.1) is 0 Å². The van der Waals surface area contributed by atoms with Gasteiger partial charge in [0, 0.05) is 24.0 Å². The molecule has 0 unspecified atom stereocenters. The lowest BCUT2D eigenvalue weighted by Crippen LogP contribution is -2.36. The Morgan fingerprint density at radius 3 is 2.75 bits per heavy atom. The molecule has 0 bridgehead atoms. The Bertz CT molecular complexity index is 884. The van der Waals surface area contributed by atoms with Crippen molar-refractivity contribution < 1.29 is 9.53 Å². The topological polar surface area (TPSA) is 92.5 Å². The van der Waals surface area contributed by atoms with Crippen LogP contribution in [-0.2, 0) is 6.61 Å². The Hall–Kier alpha value is -3.28.